The summed E-state index contributed by atoms with van der Waals surface area (Å²) in [6, 6.07) is 0. The highest BCUT2D eigenvalue weighted by Crippen LogP contribution is 2.33. The summed E-state index contributed by atoms with van der Waals surface area (Å²) in [4.78, 5) is 3.78. The Balaban J connectivity index is 0.000000315. The van der Waals surface area contributed by atoms with E-state index >= 15 is 0 Å². The van der Waals surface area contributed by atoms with Crippen molar-refractivity contribution in [1.82, 2.24) is 9.55 Å². The SMILES string of the molecule is Cn1ccnc1.N=S(C(F)(F)F)C(F)(F)F. The predicted octanol–water partition coefficient (Wildman–Crippen LogP) is 2.83. The molecule has 0 saturated carbocycles. The van der Waals surface area contributed by atoms with E-state index in [0.717, 1.165) is 0 Å². The number of aryl methyl sites for hydroxylation is 1. The predicted molar refractivity (Wildman–Crippen MR) is 45.4 cm³/mol. The monoisotopic (exact) mass is 267 g/mol. The molecule has 0 aliphatic rings. The molecule has 16 heavy (non-hydrogen) atoms. The van der Waals surface area contributed by atoms with Gasteiger partial charge in [0, 0.05) is 19.4 Å². The van der Waals surface area contributed by atoms with Crippen LogP contribution in [0, 0.1) is 4.78 Å². The third kappa shape index (κ3) is 5.73. The lowest BCUT2D eigenvalue weighted by atomic mass is 10.9. The van der Waals surface area contributed by atoms with Crippen LogP contribution in [0.2, 0.25) is 0 Å². The molecular weight excluding hydrogens is 260 g/mol. The van der Waals surface area contributed by atoms with Gasteiger partial charge in [-0.2, -0.15) is 26.3 Å². The van der Waals surface area contributed by atoms with Gasteiger partial charge in [-0.3, -0.25) is 4.78 Å². The minimum absolute atomic E-state index is 1.75. The summed E-state index contributed by atoms with van der Waals surface area (Å²) < 4.78 is 73.8. The Labute approximate surface area is 89.0 Å². The molecule has 1 heterocycles. The highest BCUT2D eigenvalue weighted by molar-refractivity contribution is 7.87. The van der Waals surface area contributed by atoms with E-state index in [0.29, 0.717) is 0 Å². The third-order valence-electron chi connectivity index (χ3n) is 1.10. The Morgan fingerprint density at radius 2 is 1.56 bits per heavy atom. The van der Waals surface area contributed by atoms with Gasteiger partial charge in [-0.1, -0.05) is 0 Å². The molecule has 0 aromatic carbocycles. The van der Waals surface area contributed by atoms with Crippen molar-refractivity contribution in [3.8, 4) is 0 Å². The number of nitrogens with zero attached hydrogens (tertiary/aromatic N) is 2. The quantitative estimate of drug-likeness (QED) is 0.721. The molecule has 1 rings (SSSR count). The molecule has 10 heteroatoms. The van der Waals surface area contributed by atoms with Crippen LogP contribution >= 0.6 is 0 Å². The van der Waals surface area contributed by atoms with Gasteiger partial charge in [0.25, 0.3) is 0 Å². The van der Waals surface area contributed by atoms with E-state index in [9.17, 15) is 26.3 Å². The molecule has 94 valence electrons. The van der Waals surface area contributed by atoms with Gasteiger partial charge in [-0.15, -0.1) is 0 Å². The summed E-state index contributed by atoms with van der Waals surface area (Å²) in [6.07, 6.45) is 5.39. The average Bonchev–Trinajstić information content (AvgIpc) is 2.52. The summed E-state index contributed by atoms with van der Waals surface area (Å²) in [5.74, 6) is 0. The van der Waals surface area contributed by atoms with E-state index in [1.807, 2.05) is 17.8 Å². The second-order valence-electron chi connectivity index (χ2n) is 2.43. The fourth-order valence-corrected chi connectivity index (χ4v) is 0.719. The zero-order valence-electron chi connectivity index (χ0n) is 7.80. The molecule has 1 aromatic heterocycles. The lowest BCUT2D eigenvalue weighted by molar-refractivity contribution is -0.0754. The Morgan fingerprint density at radius 3 is 1.62 bits per heavy atom. The summed E-state index contributed by atoms with van der Waals surface area (Å²) in [5.41, 5.74) is -11.0. The van der Waals surface area contributed by atoms with Gasteiger partial charge in [-0.05, 0) is 0 Å². The number of imidazole rings is 1. The largest absolute Gasteiger partial charge is 0.460 e. The Hall–Kier alpha value is -1.06. The van der Waals surface area contributed by atoms with E-state index in [4.69, 9.17) is 4.78 Å². The number of hydrogen-bond donors (Lipinski definition) is 1. The Kier molecular flexibility index (Phi) is 4.97. The van der Waals surface area contributed by atoms with Gasteiger partial charge in [0.15, 0.2) is 0 Å². The van der Waals surface area contributed by atoms with Crippen LogP contribution in [0.1, 0.15) is 0 Å². The van der Waals surface area contributed by atoms with Crippen LogP contribution in [-0.4, -0.2) is 20.6 Å². The highest BCUT2D eigenvalue weighted by Gasteiger charge is 2.50. The first-order valence-corrected chi connectivity index (χ1v) is 4.78. The molecule has 0 aliphatic heterocycles. The zero-order valence-corrected chi connectivity index (χ0v) is 8.62. The summed E-state index contributed by atoms with van der Waals surface area (Å²) in [7, 11) is -2.32. The van der Waals surface area contributed by atoms with Crippen molar-refractivity contribution in [2.45, 2.75) is 11.0 Å². The van der Waals surface area contributed by atoms with Crippen LogP contribution in [0.4, 0.5) is 26.3 Å². The third-order valence-corrected chi connectivity index (χ3v) is 2.03. The molecule has 0 radical (unpaired) electrons. The lowest BCUT2D eigenvalue weighted by Crippen LogP contribution is -2.28. The van der Waals surface area contributed by atoms with Gasteiger partial charge < -0.3 is 4.57 Å². The molecule has 0 atom stereocenters. The van der Waals surface area contributed by atoms with Gasteiger partial charge in [0.05, 0.1) is 6.33 Å². The standard InChI is InChI=1S/C4H6N2.C2HF6NS/c1-6-3-2-5-4-6;3-1(4,5)10(9)2(6,7)8/h2-4H,1H3;9H. The van der Waals surface area contributed by atoms with E-state index in [2.05, 4.69) is 4.98 Å². The number of alkyl halides is 6. The first-order chi connectivity index (χ1) is 7.05. The Bertz CT molecular complexity index is 311. The van der Waals surface area contributed by atoms with Crippen molar-refractivity contribution in [2.24, 2.45) is 7.05 Å². The number of halogens is 6. The molecule has 3 nitrogen and oxygen atoms in total. The van der Waals surface area contributed by atoms with E-state index in [1.165, 1.54) is 0 Å². The number of aromatic nitrogens is 2. The van der Waals surface area contributed by atoms with Gasteiger partial charge in [0.1, 0.15) is 10.7 Å². The minimum Gasteiger partial charge on any atom is -0.341 e. The zero-order chi connectivity index (χ0) is 13.0. The van der Waals surface area contributed by atoms with E-state index < -0.39 is 21.7 Å². The van der Waals surface area contributed by atoms with Crippen molar-refractivity contribution in [1.29, 1.82) is 4.78 Å². The van der Waals surface area contributed by atoms with Crippen molar-refractivity contribution in [2.75, 3.05) is 0 Å². The fraction of sp³-hybridized carbons (Fsp3) is 0.500. The van der Waals surface area contributed by atoms with Crippen molar-refractivity contribution < 1.29 is 26.3 Å². The lowest BCUT2D eigenvalue weighted by Gasteiger charge is -2.11. The fourth-order valence-electron chi connectivity index (χ4n) is 0.457. The van der Waals surface area contributed by atoms with Crippen molar-refractivity contribution >= 4 is 10.7 Å². The average molecular weight is 267 g/mol. The van der Waals surface area contributed by atoms with Crippen LogP contribution in [0.5, 0.6) is 0 Å². The normalized spacial score (nSPS) is 12.2. The smallest absolute Gasteiger partial charge is 0.341 e. The van der Waals surface area contributed by atoms with E-state index in [-0.39, 0.29) is 0 Å². The maximum absolute atomic E-state index is 11.0. The van der Waals surface area contributed by atoms with Gasteiger partial charge in [0.2, 0.25) is 0 Å². The second-order valence-corrected chi connectivity index (χ2v) is 3.96. The van der Waals surface area contributed by atoms with Crippen molar-refractivity contribution in [3.05, 3.63) is 18.7 Å². The van der Waals surface area contributed by atoms with Crippen molar-refractivity contribution in [3.63, 3.8) is 0 Å². The minimum atomic E-state index is -5.49. The number of nitrogens with one attached hydrogen (secondary N) is 1. The van der Waals surface area contributed by atoms with Crippen LogP contribution in [0.25, 0.3) is 0 Å². The van der Waals surface area contributed by atoms with Crippen LogP contribution in [0.3, 0.4) is 0 Å². The van der Waals surface area contributed by atoms with Gasteiger partial charge in [-0.25, -0.2) is 4.98 Å². The summed E-state index contributed by atoms with van der Waals surface area (Å²) in [6.45, 7) is 0. The molecule has 0 saturated heterocycles. The molecule has 1 aromatic rings. The topological polar surface area (TPSA) is 41.7 Å². The molecule has 0 amide bonds. The molecule has 0 unspecified atom stereocenters. The highest BCUT2D eigenvalue weighted by atomic mass is 32.2. The molecule has 0 spiro atoms. The molecular formula is C6H7F6N3S. The maximum Gasteiger partial charge on any atom is 0.460 e. The molecule has 0 aliphatic carbocycles. The first kappa shape index (κ1) is 14.9. The molecule has 1 N–H and O–H groups in total. The second kappa shape index (κ2) is 5.32. The van der Waals surface area contributed by atoms with E-state index in [1.54, 1.807) is 12.5 Å². The van der Waals surface area contributed by atoms with Crippen LogP contribution < -0.4 is 0 Å². The number of hydrogen-bond acceptors (Lipinski definition) is 2. The van der Waals surface area contributed by atoms with Gasteiger partial charge >= 0.3 is 11.0 Å². The maximum atomic E-state index is 11.0. The van der Waals surface area contributed by atoms with Crippen LogP contribution in [-0.2, 0) is 17.7 Å². The summed E-state index contributed by atoms with van der Waals surface area (Å²) in [5, 5.41) is 0. The Morgan fingerprint density at radius 1 is 1.12 bits per heavy atom. The summed E-state index contributed by atoms with van der Waals surface area (Å²) >= 11 is 0. The first-order valence-electron chi connectivity index (χ1n) is 3.56. The molecule has 0 bridgehead atoms. The number of rotatable bonds is 0. The van der Waals surface area contributed by atoms with Crippen LogP contribution in [0.15, 0.2) is 18.7 Å². The molecule has 0 fully saturated rings.